The lowest BCUT2D eigenvalue weighted by molar-refractivity contribution is 0.134. The summed E-state index contributed by atoms with van der Waals surface area (Å²) in [6, 6.07) is 8.20. The molecule has 0 saturated heterocycles. The Labute approximate surface area is 71.4 Å². The summed E-state index contributed by atoms with van der Waals surface area (Å²) in [4.78, 5) is 0. The van der Waals surface area contributed by atoms with Gasteiger partial charge < -0.3 is 4.74 Å². The quantitative estimate of drug-likeness (QED) is 0.625. The maximum Gasteiger partial charge on any atom is 0.0728 e. The molecule has 0 fully saturated rings. The summed E-state index contributed by atoms with van der Waals surface area (Å²) in [5, 5.41) is 8.56. The fourth-order valence-electron chi connectivity index (χ4n) is 1.52. The third-order valence-electron chi connectivity index (χ3n) is 2.14. The SMILES string of the molecule is N#CCc1cccc2c1COC2. The van der Waals surface area contributed by atoms with Gasteiger partial charge in [-0.05, 0) is 16.7 Å². The molecule has 0 N–H and O–H groups in total. The van der Waals surface area contributed by atoms with Crippen LogP contribution in [-0.2, 0) is 24.4 Å². The van der Waals surface area contributed by atoms with Gasteiger partial charge in [-0.1, -0.05) is 18.2 Å². The van der Waals surface area contributed by atoms with Gasteiger partial charge in [0.25, 0.3) is 0 Å². The molecule has 60 valence electrons. The van der Waals surface area contributed by atoms with Crippen LogP contribution in [0.5, 0.6) is 0 Å². The average Bonchev–Trinajstić information content (AvgIpc) is 2.53. The molecular formula is C10H9NO. The molecule has 1 aliphatic rings. The number of nitriles is 1. The van der Waals surface area contributed by atoms with E-state index in [1.54, 1.807) is 0 Å². The van der Waals surface area contributed by atoms with Crippen LogP contribution in [0.1, 0.15) is 16.7 Å². The number of hydrogen-bond donors (Lipinski definition) is 0. The van der Waals surface area contributed by atoms with Crippen molar-refractivity contribution in [3.05, 3.63) is 34.9 Å². The summed E-state index contributed by atoms with van der Waals surface area (Å²) in [6.07, 6.45) is 0.493. The second-order valence-corrected chi connectivity index (χ2v) is 2.88. The van der Waals surface area contributed by atoms with Gasteiger partial charge in [-0.15, -0.1) is 0 Å². The van der Waals surface area contributed by atoms with E-state index in [0.29, 0.717) is 19.6 Å². The Morgan fingerprint density at radius 3 is 3.17 bits per heavy atom. The van der Waals surface area contributed by atoms with Crippen molar-refractivity contribution >= 4 is 0 Å². The Balaban J connectivity index is 2.44. The molecule has 0 aliphatic carbocycles. The van der Waals surface area contributed by atoms with Crippen molar-refractivity contribution < 1.29 is 4.74 Å². The third kappa shape index (κ3) is 1.09. The first-order valence-corrected chi connectivity index (χ1v) is 3.96. The Bertz CT molecular complexity index is 338. The summed E-state index contributed by atoms with van der Waals surface area (Å²) in [6.45, 7) is 1.38. The van der Waals surface area contributed by atoms with Gasteiger partial charge in [0.15, 0.2) is 0 Å². The molecule has 0 aromatic heterocycles. The van der Waals surface area contributed by atoms with Crippen molar-refractivity contribution in [3.63, 3.8) is 0 Å². The van der Waals surface area contributed by atoms with E-state index in [1.165, 1.54) is 11.1 Å². The molecule has 0 bridgehead atoms. The molecule has 2 heteroatoms. The van der Waals surface area contributed by atoms with E-state index in [2.05, 4.69) is 12.1 Å². The zero-order valence-electron chi connectivity index (χ0n) is 6.71. The van der Waals surface area contributed by atoms with Gasteiger partial charge in [0.2, 0.25) is 0 Å². The van der Waals surface area contributed by atoms with Crippen LogP contribution in [-0.4, -0.2) is 0 Å². The second kappa shape index (κ2) is 2.96. The Hall–Kier alpha value is -1.33. The van der Waals surface area contributed by atoms with Crippen molar-refractivity contribution in [1.29, 1.82) is 5.26 Å². The number of fused-ring (bicyclic) bond motifs is 1. The smallest absolute Gasteiger partial charge is 0.0728 e. The molecule has 12 heavy (non-hydrogen) atoms. The van der Waals surface area contributed by atoms with E-state index < -0.39 is 0 Å². The summed E-state index contributed by atoms with van der Waals surface area (Å²) in [5.74, 6) is 0. The molecule has 0 atom stereocenters. The van der Waals surface area contributed by atoms with Crippen molar-refractivity contribution in [2.75, 3.05) is 0 Å². The van der Waals surface area contributed by atoms with Crippen LogP contribution in [0.4, 0.5) is 0 Å². The van der Waals surface area contributed by atoms with Gasteiger partial charge in [0, 0.05) is 0 Å². The number of hydrogen-bond acceptors (Lipinski definition) is 2. The van der Waals surface area contributed by atoms with Crippen LogP contribution in [0.3, 0.4) is 0 Å². The molecule has 1 aromatic carbocycles. The lowest BCUT2D eigenvalue weighted by Gasteiger charge is -2.01. The Morgan fingerprint density at radius 1 is 1.42 bits per heavy atom. The zero-order chi connectivity index (χ0) is 8.39. The summed E-state index contributed by atoms with van der Waals surface area (Å²) >= 11 is 0. The van der Waals surface area contributed by atoms with Crippen molar-refractivity contribution in [2.45, 2.75) is 19.6 Å². The molecule has 0 spiro atoms. The monoisotopic (exact) mass is 159 g/mol. The van der Waals surface area contributed by atoms with Crippen molar-refractivity contribution in [3.8, 4) is 6.07 Å². The first-order valence-electron chi connectivity index (χ1n) is 3.96. The maximum atomic E-state index is 8.56. The van der Waals surface area contributed by atoms with Gasteiger partial charge in [-0.25, -0.2) is 0 Å². The number of nitrogens with zero attached hydrogens (tertiary/aromatic N) is 1. The van der Waals surface area contributed by atoms with E-state index in [0.717, 1.165) is 5.56 Å². The van der Waals surface area contributed by atoms with Crippen LogP contribution < -0.4 is 0 Å². The first-order chi connectivity index (χ1) is 5.92. The highest BCUT2D eigenvalue weighted by molar-refractivity contribution is 5.37. The van der Waals surface area contributed by atoms with Crippen LogP contribution in [0.25, 0.3) is 0 Å². The minimum absolute atomic E-state index is 0.493. The van der Waals surface area contributed by atoms with E-state index in [1.807, 2.05) is 12.1 Å². The molecule has 2 rings (SSSR count). The van der Waals surface area contributed by atoms with Crippen LogP contribution in [0.15, 0.2) is 18.2 Å². The minimum atomic E-state index is 0.493. The number of benzene rings is 1. The lowest BCUT2D eigenvalue weighted by Crippen LogP contribution is -1.91. The third-order valence-corrected chi connectivity index (χ3v) is 2.14. The molecule has 0 unspecified atom stereocenters. The average molecular weight is 159 g/mol. The van der Waals surface area contributed by atoms with Crippen LogP contribution in [0.2, 0.25) is 0 Å². The fourth-order valence-corrected chi connectivity index (χ4v) is 1.52. The zero-order valence-corrected chi connectivity index (χ0v) is 6.71. The maximum absolute atomic E-state index is 8.56. The lowest BCUT2D eigenvalue weighted by atomic mass is 10.0. The highest BCUT2D eigenvalue weighted by Gasteiger charge is 2.13. The summed E-state index contributed by atoms with van der Waals surface area (Å²) < 4.78 is 5.29. The molecule has 1 heterocycles. The molecular weight excluding hydrogens is 150 g/mol. The topological polar surface area (TPSA) is 33.0 Å². The highest BCUT2D eigenvalue weighted by Crippen LogP contribution is 2.23. The molecule has 2 nitrogen and oxygen atoms in total. The van der Waals surface area contributed by atoms with Gasteiger partial charge >= 0.3 is 0 Å². The molecule has 1 aromatic rings. The first kappa shape index (κ1) is 7.33. The van der Waals surface area contributed by atoms with E-state index >= 15 is 0 Å². The molecule has 0 radical (unpaired) electrons. The largest absolute Gasteiger partial charge is 0.372 e. The standard InChI is InChI=1S/C10H9NO/c11-5-4-8-2-1-3-9-6-12-7-10(8)9/h1-3H,4,6-7H2. The predicted molar refractivity (Wildman–Crippen MR) is 44.3 cm³/mol. The number of rotatable bonds is 1. The van der Waals surface area contributed by atoms with E-state index in [-0.39, 0.29) is 0 Å². The summed E-state index contributed by atoms with van der Waals surface area (Å²) in [7, 11) is 0. The normalized spacial score (nSPS) is 13.9. The van der Waals surface area contributed by atoms with Gasteiger partial charge in [-0.2, -0.15) is 5.26 Å². The number of ether oxygens (including phenoxy) is 1. The second-order valence-electron chi connectivity index (χ2n) is 2.88. The van der Waals surface area contributed by atoms with E-state index in [9.17, 15) is 0 Å². The Morgan fingerprint density at radius 2 is 2.33 bits per heavy atom. The predicted octanol–water partition coefficient (Wildman–Crippen LogP) is 1.78. The van der Waals surface area contributed by atoms with Crippen molar-refractivity contribution in [1.82, 2.24) is 0 Å². The summed E-state index contributed by atoms with van der Waals surface area (Å²) in [5.41, 5.74) is 3.58. The van der Waals surface area contributed by atoms with Crippen molar-refractivity contribution in [2.24, 2.45) is 0 Å². The van der Waals surface area contributed by atoms with Gasteiger partial charge in [0.1, 0.15) is 0 Å². The van der Waals surface area contributed by atoms with E-state index in [4.69, 9.17) is 10.00 Å². The Kier molecular flexibility index (Phi) is 1.81. The van der Waals surface area contributed by atoms with Gasteiger partial charge in [-0.3, -0.25) is 0 Å². The molecule has 0 saturated carbocycles. The fraction of sp³-hybridized carbons (Fsp3) is 0.300. The van der Waals surface area contributed by atoms with Crippen LogP contribution >= 0.6 is 0 Å². The van der Waals surface area contributed by atoms with Crippen LogP contribution in [0, 0.1) is 11.3 Å². The van der Waals surface area contributed by atoms with Gasteiger partial charge in [0.05, 0.1) is 25.7 Å². The molecule has 1 aliphatic heterocycles. The minimum Gasteiger partial charge on any atom is -0.372 e. The highest BCUT2D eigenvalue weighted by atomic mass is 16.5. The molecule has 0 amide bonds.